The maximum atomic E-state index is 10.4. The second-order valence-corrected chi connectivity index (χ2v) is 1.55. The van der Waals surface area contributed by atoms with Crippen molar-refractivity contribution in [3.8, 4) is 0 Å². The minimum absolute atomic E-state index is 0.271. The molecule has 1 radical (unpaired) electrons. The fraction of sp³-hybridized carbons (Fsp3) is 0. The molecule has 0 saturated heterocycles. The summed E-state index contributed by atoms with van der Waals surface area (Å²) in [5.41, 5.74) is 0.271. The molecule has 3 heteroatoms. The summed E-state index contributed by atoms with van der Waals surface area (Å²) in [4.78, 5) is 9.88. The van der Waals surface area contributed by atoms with Crippen LogP contribution in [-0.4, -0.2) is 6.29 Å². The van der Waals surface area contributed by atoms with Crippen LogP contribution in [0.4, 0.5) is 0 Å². The van der Waals surface area contributed by atoms with Crippen LogP contribution in [0.25, 0.3) is 0 Å². The summed E-state index contributed by atoms with van der Waals surface area (Å²) in [5, 5.41) is 10.4. The molecule has 0 saturated carbocycles. The highest BCUT2D eigenvalue weighted by Crippen LogP contribution is 1.85. The monoisotopic (exact) mass is 122 g/mol. The molecule has 0 atom stereocenters. The van der Waals surface area contributed by atoms with Crippen molar-refractivity contribution in [2.24, 2.45) is 0 Å². The van der Waals surface area contributed by atoms with Gasteiger partial charge >= 0.3 is 0 Å². The number of rotatable bonds is 1. The average Bonchev–Trinajstić information content (AvgIpc) is 1.88. The third kappa shape index (κ3) is 1.25. The SMILES string of the molecule is O=[C]c1ccc[n+]([O-])c1. The van der Waals surface area contributed by atoms with Gasteiger partial charge in [0.25, 0.3) is 0 Å². The summed E-state index contributed by atoms with van der Waals surface area (Å²) in [6.45, 7) is 0. The Hall–Kier alpha value is -1.38. The van der Waals surface area contributed by atoms with Crippen LogP contribution in [0.2, 0.25) is 0 Å². The van der Waals surface area contributed by atoms with Gasteiger partial charge in [0.1, 0.15) is 0 Å². The molecule has 1 aromatic rings. The fourth-order valence-corrected chi connectivity index (χ4v) is 0.515. The van der Waals surface area contributed by atoms with E-state index in [1.165, 1.54) is 18.3 Å². The second kappa shape index (κ2) is 2.26. The maximum Gasteiger partial charge on any atom is 0.239 e. The van der Waals surface area contributed by atoms with Gasteiger partial charge in [0.15, 0.2) is 12.4 Å². The number of hydrogen-bond acceptors (Lipinski definition) is 2. The van der Waals surface area contributed by atoms with Gasteiger partial charge in [0.2, 0.25) is 6.29 Å². The average molecular weight is 122 g/mol. The van der Waals surface area contributed by atoms with Crippen LogP contribution in [0.5, 0.6) is 0 Å². The Balaban J connectivity index is 3.07. The zero-order chi connectivity index (χ0) is 6.69. The second-order valence-electron chi connectivity index (χ2n) is 1.55. The van der Waals surface area contributed by atoms with Gasteiger partial charge < -0.3 is 5.21 Å². The molecule has 0 N–H and O–H groups in total. The molecule has 0 spiro atoms. The van der Waals surface area contributed by atoms with Crippen molar-refractivity contribution in [3.63, 3.8) is 0 Å². The van der Waals surface area contributed by atoms with Crippen molar-refractivity contribution < 1.29 is 9.52 Å². The molecule has 0 bridgehead atoms. The zero-order valence-corrected chi connectivity index (χ0v) is 4.57. The Kier molecular flexibility index (Phi) is 1.44. The van der Waals surface area contributed by atoms with Gasteiger partial charge in [0, 0.05) is 6.07 Å². The van der Waals surface area contributed by atoms with Crippen molar-refractivity contribution in [3.05, 3.63) is 35.3 Å². The van der Waals surface area contributed by atoms with Crippen LogP contribution in [-0.2, 0) is 4.79 Å². The van der Waals surface area contributed by atoms with Crippen LogP contribution in [0.15, 0.2) is 24.5 Å². The fourth-order valence-electron chi connectivity index (χ4n) is 0.515. The van der Waals surface area contributed by atoms with Crippen LogP contribution < -0.4 is 4.73 Å². The first-order valence-electron chi connectivity index (χ1n) is 2.40. The first-order valence-corrected chi connectivity index (χ1v) is 2.40. The molecule has 0 aliphatic rings. The summed E-state index contributed by atoms with van der Waals surface area (Å²) >= 11 is 0. The third-order valence-corrected chi connectivity index (χ3v) is 0.893. The quantitative estimate of drug-likeness (QED) is 0.381. The smallest absolute Gasteiger partial charge is 0.239 e. The van der Waals surface area contributed by atoms with E-state index in [-0.39, 0.29) is 5.56 Å². The van der Waals surface area contributed by atoms with Crippen molar-refractivity contribution in [1.29, 1.82) is 0 Å². The van der Waals surface area contributed by atoms with E-state index in [1.807, 2.05) is 0 Å². The molecule has 0 unspecified atom stereocenters. The van der Waals surface area contributed by atoms with E-state index >= 15 is 0 Å². The highest BCUT2D eigenvalue weighted by Gasteiger charge is 1.92. The summed E-state index contributed by atoms with van der Waals surface area (Å²) in [6.07, 6.45) is 4.06. The zero-order valence-electron chi connectivity index (χ0n) is 4.57. The minimum Gasteiger partial charge on any atom is -0.619 e. The standard InChI is InChI=1S/C6H4NO2/c8-5-6-2-1-3-7(9)4-6/h1-4H. The Morgan fingerprint density at radius 1 is 1.67 bits per heavy atom. The van der Waals surface area contributed by atoms with E-state index in [1.54, 1.807) is 6.29 Å². The predicted molar refractivity (Wildman–Crippen MR) is 30.2 cm³/mol. The molecule has 45 valence electrons. The van der Waals surface area contributed by atoms with E-state index in [2.05, 4.69) is 0 Å². The molecule has 9 heavy (non-hydrogen) atoms. The highest BCUT2D eigenvalue weighted by molar-refractivity contribution is 5.73. The molecule has 1 aromatic heterocycles. The number of aromatic nitrogens is 1. The van der Waals surface area contributed by atoms with Gasteiger partial charge in [-0.25, -0.2) is 0 Å². The Morgan fingerprint density at radius 3 is 2.89 bits per heavy atom. The molecule has 1 heterocycles. The highest BCUT2D eigenvalue weighted by atomic mass is 16.5. The van der Waals surface area contributed by atoms with Crippen molar-refractivity contribution >= 4 is 6.29 Å². The van der Waals surface area contributed by atoms with Gasteiger partial charge in [-0.05, 0) is 6.07 Å². The third-order valence-electron chi connectivity index (χ3n) is 0.893. The molecule has 1 rings (SSSR count). The van der Waals surface area contributed by atoms with Crippen molar-refractivity contribution in [2.45, 2.75) is 0 Å². The van der Waals surface area contributed by atoms with E-state index in [9.17, 15) is 10.0 Å². The summed E-state index contributed by atoms with van der Waals surface area (Å²) in [5.74, 6) is 0. The van der Waals surface area contributed by atoms with Gasteiger partial charge in [-0.1, -0.05) is 0 Å². The molecule has 0 fully saturated rings. The van der Waals surface area contributed by atoms with Gasteiger partial charge in [-0.15, -0.1) is 0 Å². The summed E-state index contributed by atoms with van der Waals surface area (Å²) in [6, 6.07) is 3.01. The number of nitrogens with zero attached hydrogens (tertiary/aromatic N) is 1. The van der Waals surface area contributed by atoms with Gasteiger partial charge in [0.05, 0.1) is 5.56 Å². The Labute approximate surface area is 52.1 Å². The van der Waals surface area contributed by atoms with Crippen molar-refractivity contribution in [1.82, 2.24) is 0 Å². The number of carbonyl (C=O) groups excluding carboxylic acids is 1. The molecule has 0 aromatic carbocycles. The maximum absolute atomic E-state index is 10.4. The Bertz CT molecular complexity index is 222. The molecular weight excluding hydrogens is 118 g/mol. The predicted octanol–water partition coefficient (Wildman–Crippen LogP) is -0.222. The lowest BCUT2D eigenvalue weighted by Gasteiger charge is -1.91. The molecular formula is C6H4NO2. The topological polar surface area (TPSA) is 44.0 Å². The lowest BCUT2D eigenvalue weighted by molar-refractivity contribution is -0.605. The Morgan fingerprint density at radius 2 is 2.44 bits per heavy atom. The van der Waals surface area contributed by atoms with Crippen molar-refractivity contribution in [2.75, 3.05) is 0 Å². The van der Waals surface area contributed by atoms with Gasteiger partial charge in [-0.3, -0.25) is 4.79 Å². The van der Waals surface area contributed by atoms with Gasteiger partial charge in [-0.2, -0.15) is 4.73 Å². The van der Waals surface area contributed by atoms with E-state index in [0.29, 0.717) is 4.73 Å². The number of pyridine rings is 1. The van der Waals surface area contributed by atoms with Crippen LogP contribution in [0, 0.1) is 5.21 Å². The lowest BCUT2D eigenvalue weighted by atomic mass is 10.3. The summed E-state index contributed by atoms with van der Waals surface area (Å²) in [7, 11) is 0. The number of hydrogen-bond donors (Lipinski definition) is 0. The van der Waals surface area contributed by atoms with E-state index < -0.39 is 0 Å². The van der Waals surface area contributed by atoms with Crippen LogP contribution in [0.1, 0.15) is 5.56 Å². The van der Waals surface area contributed by atoms with E-state index in [4.69, 9.17) is 0 Å². The first kappa shape index (κ1) is 5.75. The van der Waals surface area contributed by atoms with Crippen LogP contribution >= 0.6 is 0 Å². The molecule has 0 amide bonds. The van der Waals surface area contributed by atoms with E-state index in [0.717, 1.165) is 6.20 Å². The molecule has 3 nitrogen and oxygen atoms in total. The summed E-state index contributed by atoms with van der Waals surface area (Å²) < 4.78 is 0.556. The van der Waals surface area contributed by atoms with Crippen LogP contribution in [0.3, 0.4) is 0 Å². The normalized spacial score (nSPS) is 8.89. The largest absolute Gasteiger partial charge is 0.619 e. The molecule has 0 aliphatic heterocycles. The molecule has 0 aliphatic carbocycles. The minimum atomic E-state index is 0.271. The first-order chi connectivity index (χ1) is 4.33. The lowest BCUT2D eigenvalue weighted by Crippen LogP contribution is -2.24.